The van der Waals surface area contributed by atoms with Gasteiger partial charge in [0, 0.05) is 19.1 Å². The van der Waals surface area contributed by atoms with Crippen LogP contribution in [0.1, 0.15) is 19.4 Å². The van der Waals surface area contributed by atoms with Gasteiger partial charge in [0.25, 0.3) is 0 Å². The van der Waals surface area contributed by atoms with Gasteiger partial charge >= 0.3 is 0 Å². The van der Waals surface area contributed by atoms with Crippen LogP contribution >= 0.6 is 0 Å². The van der Waals surface area contributed by atoms with E-state index in [0.717, 1.165) is 18.7 Å². The number of hydrogen-bond donors (Lipinski definition) is 2. The first-order chi connectivity index (χ1) is 9.17. The standard InChI is InChI=1S/C15H26N2O2/c1-13(2)17(9-11-18)10-12-19-15-5-3-14(4-6-15)7-8-16/h3-6,13,18H,7-12,16H2,1-2H3. The second-order valence-electron chi connectivity index (χ2n) is 4.88. The molecule has 0 saturated carbocycles. The maximum atomic E-state index is 8.99. The minimum Gasteiger partial charge on any atom is -0.492 e. The van der Waals surface area contributed by atoms with E-state index >= 15 is 0 Å². The topological polar surface area (TPSA) is 58.7 Å². The summed E-state index contributed by atoms with van der Waals surface area (Å²) in [6.07, 6.45) is 0.901. The smallest absolute Gasteiger partial charge is 0.119 e. The molecule has 1 rings (SSSR count). The zero-order valence-corrected chi connectivity index (χ0v) is 12.0. The molecule has 0 radical (unpaired) electrons. The summed E-state index contributed by atoms with van der Waals surface area (Å²) in [6.45, 7) is 7.25. The lowest BCUT2D eigenvalue weighted by molar-refractivity contribution is 0.141. The average molecular weight is 266 g/mol. The van der Waals surface area contributed by atoms with E-state index in [9.17, 15) is 0 Å². The molecule has 0 aromatic heterocycles. The van der Waals surface area contributed by atoms with Gasteiger partial charge in [-0.05, 0) is 44.5 Å². The van der Waals surface area contributed by atoms with Gasteiger partial charge in [-0.25, -0.2) is 0 Å². The lowest BCUT2D eigenvalue weighted by atomic mass is 10.1. The van der Waals surface area contributed by atoms with Gasteiger partial charge in [-0.1, -0.05) is 12.1 Å². The van der Waals surface area contributed by atoms with Crippen molar-refractivity contribution in [2.75, 3.05) is 32.8 Å². The Bertz CT molecular complexity index is 339. The molecular formula is C15H26N2O2. The van der Waals surface area contributed by atoms with Crippen LogP contribution in [0.5, 0.6) is 5.75 Å². The zero-order chi connectivity index (χ0) is 14.1. The van der Waals surface area contributed by atoms with Crippen LogP contribution in [0.2, 0.25) is 0 Å². The fourth-order valence-corrected chi connectivity index (χ4v) is 1.96. The second kappa shape index (κ2) is 8.91. The lowest BCUT2D eigenvalue weighted by Gasteiger charge is -2.25. The monoisotopic (exact) mass is 266 g/mol. The van der Waals surface area contributed by atoms with E-state index in [-0.39, 0.29) is 6.61 Å². The molecule has 108 valence electrons. The van der Waals surface area contributed by atoms with Crippen molar-refractivity contribution < 1.29 is 9.84 Å². The van der Waals surface area contributed by atoms with Crippen molar-refractivity contribution >= 4 is 0 Å². The lowest BCUT2D eigenvalue weighted by Crippen LogP contribution is -2.36. The van der Waals surface area contributed by atoms with E-state index in [2.05, 4.69) is 30.9 Å². The van der Waals surface area contributed by atoms with Crippen LogP contribution in [0.4, 0.5) is 0 Å². The van der Waals surface area contributed by atoms with E-state index in [4.69, 9.17) is 15.6 Å². The van der Waals surface area contributed by atoms with Gasteiger partial charge in [-0.15, -0.1) is 0 Å². The summed E-state index contributed by atoms with van der Waals surface area (Å²) in [7, 11) is 0. The summed E-state index contributed by atoms with van der Waals surface area (Å²) in [5, 5.41) is 8.99. The summed E-state index contributed by atoms with van der Waals surface area (Å²) >= 11 is 0. The van der Waals surface area contributed by atoms with Crippen LogP contribution in [-0.2, 0) is 6.42 Å². The van der Waals surface area contributed by atoms with Crippen molar-refractivity contribution in [3.8, 4) is 5.75 Å². The fraction of sp³-hybridized carbons (Fsp3) is 0.600. The van der Waals surface area contributed by atoms with Crippen molar-refractivity contribution in [2.45, 2.75) is 26.3 Å². The van der Waals surface area contributed by atoms with Crippen molar-refractivity contribution in [3.63, 3.8) is 0 Å². The van der Waals surface area contributed by atoms with E-state index in [1.165, 1.54) is 5.56 Å². The van der Waals surface area contributed by atoms with Gasteiger partial charge < -0.3 is 15.6 Å². The van der Waals surface area contributed by atoms with Crippen LogP contribution in [0.3, 0.4) is 0 Å². The molecule has 0 spiro atoms. The normalized spacial score (nSPS) is 11.3. The molecule has 0 bridgehead atoms. The zero-order valence-electron chi connectivity index (χ0n) is 12.0. The summed E-state index contributed by atoms with van der Waals surface area (Å²) in [5.74, 6) is 0.883. The van der Waals surface area contributed by atoms with E-state index in [1.54, 1.807) is 0 Å². The first-order valence-corrected chi connectivity index (χ1v) is 6.94. The Kier molecular flexibility index (Phi) is 7.48. The number of benzene rings is 1. The highest BCUT2D eigenvalue weighted by molar-refractivity contribution is 5.27. The van der Waals surface area contributed by atoms with Crippen molar-refractivity contribution in [3.05, 3.63) is 29.8 Å². The molecule has 0 heterocycles. The Morgan fingerprint density at radius 3 is 2.42 bits per heavy atom. The van der Waals surface area contributed by atoms with Crippen LogP contribution < -0.4 is 10.5 Å². The maximum absolute atomic E-state index is 8.99. The van der Waals surface area contributed by atoms with Crippen molar-refractivity contribution in [2.24, 2.45) is 5.73 Å². The highest BCUT2D eigenvalue weighted by atomic mass is 16.5. The van der Waals surface area contributed by atoms with E-state index in [1.807, 2.05) is 12.1 Å². The molecule has 4 nitrogen and oxygen atoms in total. The number of aliphatic hydroxyl groups is 1. The molecular weight excluding hydrogens is 240 g/mol. The molecule has 0 atom stereocenters. The third kappa shape index (κ3) is 6.05. The molecule has 0 fully saturated rings. The molecule has 0 amide bonds. The Labute approximate surface area is 116 Å². The Balaban J connectivity index is 2.35. The quantitative estimate of drug-likeness (QED) is 0.706. The molecule has 0 aliphatic rings. The first kappa shape index (κ1) is 16.0. The van der Waals surface area contributed by atoms with Crippen LogP contribution in [-0.4, -0.2) is 48.9 Å². The van der Waals surface area contributed by atoms with Crippen LogP contribution in [0.15, 0.2) is 24.3 Å². The molecule has 1 aromatic rings. The molecule has 0 aliphatic carbocycles. The van der Waals surface area contributed by atoms with Gasteiger partial charge in [0.1, 0.15) is 12.4 Å². The largest absolute Gasteiger partial charge is 0.492 e. The summed E-state index contributed by atoms with van der Waals surface area (Å²) < 4.78 is 5.71. The molecule has 0 saturated heterocycles. The SMILES string of the molecule is CC(C)N(CCO)CCOc1ccc(CCN)cc1. The summed E-state index contributed by atoms with van der Waals surface area (Å²) in [6, 6.07) is 8.49. The van der Waals surface area contributed by atoms with Crippen molar-refractivity contribution in [1.82, 2.24) is 4.90 Å². The number of aliphatic hydroxyl groups excluding tert-OH is 1. The van der Waals surface area contributed by atoms with Gasteiger partial charge in [-0.3, -0.25) is 4.90 Å². The summed E-state index contributed by atoms with van der Waals surface area (Å²) in [4.78, 5) is 2.20. The highest BCUT2D eigenvalue weighted by Gasteiger charge is 2.08. The molecule has 1 aromatic carbocycles. The fourth-order valence-electron chi connectivity index (χ4n) is 1.96. The molecule has 0 aliphatic heterocycles. The number of rotatable bonds is 9. The minimum absolute atomic E-state index is 0.186. The summed E-state index contributed by atoms with van der Waals surface area (Å²) in [5.41, 5.74) is 6.75. The second-order valence-corrected chi connectivity index (χ2v) is 4.88. The first-order valence-electron chi connectivity index (χ1n) is 6.94. The van der Waals surface area contributed by atoms with Crippen molar-refractivity contribution in [1.29, 1.82) is 0 Å². The molecule has 4 heteroatoms. The van der Waals surface area contributed by atoms with E-state index in [0.29, 0.717) is 25.7 Å². The van der Waals surface area contributed by atoms with E-state index < -0.39 is 0 Å². The minimum atomic E-state index is 0.186. The number of nitrogens with two attached hydrogens (primary N) is 1. The third-order valence-corrected chi connectivity index (χ3v) is 3.12. The van der Waals surface area contributed by atoms with Gasteiger partial charge in [0.2, 0.25) is 0 Å². The Morgan fingerprint density at radius 2 is 1.89 bits per heavy atom. The van der Waals surface area contributed by atoms with Crippen LogP contribution in [0.25, 0.3) is 0 Å². The Hall–Kier alpha value is -1.10. The third-order valence-electron chi connectivity index (χ3n) is 3.12. The highest BCUT2D eigenvalue weighted by Crippen LogP contribution is 2.12. The van der Waals surface area contributed by atoms with Gasteiger partial charge in [0.05, 0.1) is 6.61 Å². The number of hydrogen-bond acceptors (Lipinski definition) is 4. The van der Waals surface area contributed by atoms with Gasteiger partial charge in [-0.2, -0.15) is 0 Å². The Morgan fingerprint density at radius 1 is 1.21 bits per heavy atom. The number of nitrogens with zero attached hydrogens (tertiary/aromatic N) is 1. The molecule has 0 unspecified atom stereocenters. The number of ether oxygens (including phenoxy) is 1. The molecule has 3 N–H and O–H groups in total. The predicted octanol–water partition coefficient (Wildman–Crippen LogP) is 1.27. The maximum Gasteiger partial charge on any atom is 0.119 e. The van der Waals surface area contributed by atoms with Crippen LogP contribution in [0, 0.1) is 0 Å². The predicted molar refractivity (Wildman–Crippen MR) is 78.5 cm³/mol. The average Bonchev–Trinajstić information content (AvgIpc) is 2.40. The van der Waals surface area contributed by atoms with Gasteiger partial charge in [0.15, 0.2) is 0 Å². The molecule has 19 heavy (non-hydrogen) atoms.